The van der Waals surface area contributed by atoms with Crippen molar-refractivity contribution < 1.29 is 22.1 Å². The maximum absolute atomic E-state index is 12.5. The van der Waals surface area contributed by atoms with E-state index >= 15 is 0 Å². The van der Waals surface area contributed by atoms with Gasteiger partial charge < -0.3 is 9.47 Å². The first-order chi connectivity index (χ1) is 14.8. The SMILES string of the molecule is Cc1ccc(S(=O)(=O)OCC2COC(Cn3cncn3)(c3ccc(Cl)c(Cl)c3)O2)cc1. The highest BCUT2D eigenvalue weighted by Gasteiger charge is 2.45. The number of hydrogen-bond acceptors (Lipinski definition) is 7. The van der Waals surface area contributed by atoms with Gasteiger partial charge in [-0.3, -0.25) is 4.18 Å². The minimum Gasteiger partial charge on any atom is -0.342 e. The molecule has 0 bridgehead atoms. The van der Waals surface area contributed by atoms with Gasteiger partial charge in [0.2, 0.25) is 5.79 Å². The van der Waals surface area contributed by atoms with Crippen molar-refractivity contribution in [3.05, 3.63) is 76.3 Å². The van der Waals surface area contributed by atoms with Crippen LogP contribution in [-0.2, 0) is 36.1 Å². The van der Waals surface area contributed by atoms with E-state index in [-0.39, 0.29) is 24.7 Å². The molecule has 2 heterocycles. The Morgan fingerprint density at radius 3 is 2.65 bits per heavy atom. The summed E-state index contributed by atoms with van der Waals surface area (Å²) < 4.78 is 43.9. The highest BCUT2D eigenvalue weighted by Crippen LogP contribution is 2.38. The number of ether oxygens (including phenoxy) is 2. The van der Waals surface area contributed by atoms with Gasteiger partial charge in [0.15, 0.2) is 0 Å². The molecule has 2 unspecified atom stereocenters. The van der Waals surface area contributed by atoms with Crippen molar-refractivity contribution in [1.82, 2.24) is 14.8 Å². The zero-order valence-corrected chi connectivity index (χ0v) is 18.8. The number of rotatable bonds is 7. The predicted molar refractivity (Wildman–Crippen MR) is 113 cm³/mol. The van der Waals surface area contributed by atoms with Gasteiger partial charge in [-0.05, 0) is 31.2 Å². The standard InChI is InChI=1S/C20H19Cl2N3O5S/c1-14-2-5-17(6-3-14)31(26,27)29-10-16-9-28-20(30-16,11-25-13-23-12-24-25)15-4-7-18(21)19(22)8-15/h2-8,12-13,16H,9-11H2,1H3. The van der Waals surface area contributed by atoms with Gasteiger partial charge in [0.1, 0.15) is 25.3 Å². The van der Waals surface area contributed by atoms with E-state index < -0.39 is 22.0 Å². The van der Waals surface area contributed by atoms with E-state index in [2.05, 4.69) is 10.1 Å². The molecule has 0 N–H and O–H groups in total. The Kier molecular flexibility index (Phi) is 6.34. The molecule has 0 spiro atoms. The molecule has 8 nitrogen and oxygen atoms in total. The summed E-state index contributed by atoms with van der Waals surface area (Å²) in [6, 6.07) is 11.4. The summed E-state index contributed by atoms with van der Waals surface area (Å²) >= 11 is 12.2. The number of aromatic nitrogens is 3. The Hall–Kier alpha value is -2.01. The topological polar surface area (TPSA) is 92.5 Å². The molecule has 1 saturated heterocycles. The van der Waals surface area contributed by atoms with Crippen LogP contribution in [0.2, 0.25) is 10.0 Å². The summed E-state index contributed by atoms with van der Waals surface area (Å²) in [6.07, 6.45) is 2.28. The summed E-state index contributed by atoms with van der Waals surface area (Å²) in [4.78, 5) is 4.02. The molecule has 0 saturated carbocycles. The van der Waals surface area contributed by atoms with Crippen molar-refractivity contribution in [2.75, 3.05) is 13.2 Å². The van der Waals surface area contributed by atoms with E-state index in [4.69, 9.17) is 36.9 Å². The third-order valence-electron chi connectivity index (χ3n) is 4.77. The van der Waals surface area contributed by atoms with E-state index in [1.807, 2.05) is 6.92 Å². The number of aryl methyl sites for hydroxylation is 1. The summed E-state index contributed by atoms with van der Waals surface area (Å²) in [7, 11) is -3.93. The van der Waals surface area contributed by atoms with Crippen LogP contribution >= 0.6 is 23.2 Å². The second-order valence-electron chi connectivity index (χ2n) is 7.08. The zero-order chi connectivity index (χ0) is 22.1. The van der Waals surface area contributed by atoms with Crippen LogP contribution < -0.4 is 0 Å². The van der Waals surface area contributed by atoms with Crippen LogP contribution in [0.15, 0.2) is 60.0 Å². The lowest BCUT2D eigenvalue weighted by molar-refractivity contribution is -0.190. The van der Waals surface area contributed by atoms with Gasteiger partial charge in [-0.25, -0.2) is 9.67 Å². The fourth-order valence-electron chi connectivity index (χ4n) is 3.17. The van der Waals surface area contributed by atoms with E-state index in [1.165, 1.54) is 24.8 Å². The van der Waals surface area contributed by atoms with Crippen LogP contribution in [0, 0.1) is 6.92 Å². The number of hydrogen-bond donors (Lipinski definition) is 0. The Morgan fingerprint density at radius 1 is 1.19 bits per heavy atom. The minimum absolute atomic E-state index is 0.0791. The Morgan fingerprint density at radius 2 is 1.97 bits per heavy atom. The van der Waals surface area contributed by atoms with Gasteiger partial charge >= 0.3 is 0 Å². The van der Waals surface area contributed by atoms with Crippen molar-refractivity contribution in [3.8, 4) is 0 Å². The van der Waals surface area contributed by atoms with Gasteiger partial charge in [-0.2, -0.15) is 13.5 Å². The maximum Gasteiger partial charge on any atom is 0.297 e. The van der Waals surface area contributed by atoms with Gasteiger partial charge in [-0.15, -0.1) is 0 Å². The minimum atomic E-state index is -3.93. The van der Waals surface area contributed by atoms with Crippen LogP contribution in [0.4, 0.5) is 0 Å². The summed E-state index contributed by atoms with van der Waals surface area (Å²) in [5.41, 5.74) is 1.56. The van der Waals surface area contributed by atoms with E-state index in [1.54, 1.807) is 35.0 Å². The average Bonchev–Trinajstić information content (AvgIpc) is 3.40. The van der Waals surface area contributed by atoms with Crippen LogP contribution in [0.1, 0.15) is 11.1 Å². The quantitative estimate of drug-likeness (QED) is 0.474. The fraction of sp³-hybridized carbons (Fsp3) is 0.300. The third kappa shape index (κ3) is 4.92. The first-order valence-corrected chi connectivity index (χ1v) is 11.5. The Labute approximate surface area is 189 Å². The summed E-state index contributed by atoms with van der Waals surface area (Å²) in [6.45, 7) is 1.94. The molecule has 2 aromatic carbocycles. The Bertz CT molecular complexity index is 1160. The monoisotopic (exact) mass is 483 g/mol. The van der Waals surface area contributed by atoms with Crippen LogP contribution in [0.3, 0.4) is 0 Å². The van der Waals surface area contributed by atoms with Crippen LogP contribution in [0.5, 0.6) is 0 Å². The molecule has 4 rings (SSSR count). The molecule has 2 atom stereocenters. The molecule has 11 heteroatoms. The van der Waals surface area contributed by atoms with E-state index in [0.717, 1.165) is 5.56 Å². The molecular formula is C20H19Cl2N3O5S. The molecule has 0 radical (unpaired) electrons. The van der Waals surface area contributed by atoms with Crippen molar-refractivity contribution >= 4 is 33.3 Å². The molecule has 0 aliphatic carbocycles. The molecule has 1 aliphatic rings. The van der Waals surface area contributed by atoms with Crippen molar-refractivity contribution in [3.63, 3.8) is 0 Å². The highest BCUT2D eigenvalue weighted by atomic mass is 35.5. The highest BCUT2D eigenvalue weighted by molar-refractivity contribution is 7.86. The van der Waals surface area contributed by atoms with Gasteiger partial charge in [0.25, 0.3) is 10.1 Å². The van der Waals surface area contributed by atoms with Crippen molar-refractivity contribution in [2.24, 2.45) is 0 Å². The lowest BCUT2D eigenvalue weighted by Crippen LogP contribution is -2.34. The number of benzene rings is 2. The third-order valence-corrected chi connectivity index (χ3v) is 6.81. The van der Waals surface area contributed by atoms with E-state index in [0.29, 0.717) is 15.6 Å². The largest absolute Gasteiger partial charge is 0.342 e. The smallest absolute Gasteiger partial charge is 0.297 e. The summed E-state index contributed by atoms with van der Waals surface area (Å²) in [5, 5.41) is 4.84. The zero-order valence-electron chi connectivity index (χ0n) is 16.4. The normalized spacial score (nSPS) is 21.5. The molecule has 3 aromatic rings. The van der Waals surface area contributed by atoms with E-state index in [9.17, 15) is 8.42 Å². The lowest BCUT2D eigenvalue weighted by atomic mass is 10.1. The predicted octanol–water partition coefficient (Wildman–Crippen LogP) is 3.57. The second kappa shape index (κ2) is 8.85. The van der Waals surface area contributed by atoms with Gasteiger partial charge in [0.05, 0.1) is 28.2 Å². The molecule has 164 valence electrons. The van der Waals surface area contributed by atoms with Crippen LogP contribution in [-0.4, -0.2) is 42.5 Å². The lowest BCUT2D eigenvalue weighted by Gasteiger charge is -2.28. The first kappa shape index (κ1) is 22.2. The van der Waals surface area contributed by atoms with Gasteiger partial charge in [0, 0.05) is 5.56 Å². The maximum atomic E-state index is 12.5. The summed E-state index contributed by atoms with van der Waals surface area (Å²) in [5.74, 6) is -1.26. The molecule has 1 aromatic heterocycles. The first-order valence-electron chi connectivity index (χ1n) is 9.33. The van der Waals surface area contributed by atoms with Gasteiger partial charge in [-0.1, -0.05) is 47.0 Å². The van der Waals surface area contributed by atoms with Crippen molar-refractivity contribution in [2.45, 2.75) is 30.3 Å². The molecule has 31 heavy (non-hydrogen) atoms. The Balaban J connectivity index is 1.52. The molecule has 0 amide bonds. The fourth-order valence-corrected chi connectivity index (χ4v) is 4.41. The number of halogens is 2. The molecular weight excluding hydrogens is 465 g/mol. The van der Waals surface area contributed by atoms with Crippen molar-refractivity contribution in [1.29, 1.82) is 0 Å². The van der Waals surface area contributed by atoms with Crippen LogP contribution in [0.25, 0.3) is 0 Å². The average molecular weight is 484 g/mol. The second-order valence-corrected chi connectivity index (χ2v) is 9.51. The molecule has 1 fully saturated rings. The number of nitrogens with zero attached hydrogens (tertiary/aromatic N) is 3. The molecule has 1 aliphatic heterocycles.